The summed E-state index contributed by atoms with van der Waals surface area (Å²) in [6.45, 7) is 3.03. The first kappa shape index (κ1) is 16.5. The molecule has 1 aromatic rings. The summed E-state index contributed by atoms with van der Waals surface area (Å²) in [7, 11) is 2.10. The molecule has 0 aromatic heterocycles. The predicted octanol–water partition coefficient (Wildman–Crippen LogP) is 3.72. The second-order valence-corrected chi connectivity index (χ2v) is 6.50. The normalized spacial score (nSPS) is 12.7. The summed E-state index contributed by atoms with van der Waals surface area (Å²) in [5.41, 5.74) is 1.43. The molecule has 106 valence electrons. The average Bonchev–Trinajstić information content (AvgIpc) is 2.37. The summed E-state index contributed by atoms with van der Waals surface area (Å²) in [6, 6.07) is 5.71. The number of carbonyl (C=O) groups is 1. The van der Waals surface area contributed by atoms with Crippen molar-refractivity contribution in [3.05, 3.63) is 33.8 Å². The van der Waals surface area contributed by atoms with Crippen molar-refractivity contribution in [2.75, 3.05) is 19.1 Å². The van der Waals surface area contributed by atoms with Crippen LogP contribution in [-0.4, -0.2) is 41.1 Å². The topological polar surface area (TPSA) is 40.5 Å². The van der Waals surface area contributed by atoms with Crippen LogP contribution in [0.4, 0.5) is 0 Å². The zero-order valence-corrected chi connectivity index (χ0v) is 13.9. The van der Waals surface area contributed by atoms with Crippen molar-refractivity contribution in [2.24, 2.45) is 0 Å². The Morgan fingerprint density at radius 2 is 2.21 bits per heavy atom. The van der Waals surface area contributed by atoms with E-state index in [0.717, 1.165) is 28.8 Å². The molecule has 0 heterocycles. The summed E-state index contributed by atoms with van der Waals surface area (Å²) in [6.07, 6.45) is 3.27. The lowest BCUT2D eigenvalue weighted by Crippen LogP contribution is -2.29. The van der Waals surface area contributed by atoms with Gasteiger partial charge >= 0.3 is 5.97 Å². The molecule has 1 aromatic carbocycles. The van der Waals surface area contributed by atoms with Gasteiger partial charge in [-0.1, -0.05) is 22.0 Å². The van der Waals surface area contributed by atoms with Crippen LogP contribution in [0.15, 0.2) is 22.7 Å². The van der Waals surface area contributed by atoms with E-state index in [4.69, 9.17) is 5.11 Å². The Balaban J connectivity index is 2.69. The Morgan fingerprint density at radius 1 is 1.53 bits per heavy atom. The van der Waals surface area contributed by atoms with Crippen LogP contribution >= 0.6 is 27.7 Å². The summed E-state index contributed by atoms with van der Waals surface area (Å²) >= 11 is 5.31. The van der Waals surface area contributed by atoms with Crippen LogP contribution in [0.3, 0.4) is 0 Å². The standard InChI is InChI=1S/C14H20BrNO2S/c1-10(6-7-19-3)16(2)9-12-5-4-11(14(17)18)8-13(12)15/h4-5,8,10H,6-7,9H2,1-3H3,(H,17,18). The van der Waals surface area contributed by atoms with Gasteiger partial charge in [0.15, 0.2) is 0 Å². The third kappa shape index (κ3) is 5.16. The van der Waals surface area contributed by atoms with Crippen LogP contribution in [0.1, 0.15) is 29.3 Å². The Kier molecular flexibility index (Phi) is 6.89. The molecule has 0 amide bonds. The van der Waals surface area contributed by atoms with E-state index in [1.807, 2.05) is 17.8 Å². The van der Waals surface area contributed by atoms with Gasteiger partial charge in [0.1, 0.15) is 0 Å². The van der Waals surface area contributed by atoms with Crippen molar-refractivity contribution in [1.29, 1.82) is 0 Å². The van der Waals surface area contributed by atoms with Crippen molar-refractivity contribution in [3.8, 4) is 0 Å². The molecule has 0 saturated carbocycles. The van der Waals surface area contributed by atoms with Crippen LogP contribution in [0.5, 0.6) is 0 Å². The molecular weight excluding hydrogens is 326 g/mol. The Hall–Kier alpha value is -0.520. The molecule has 1 atom stereocenters. The lowest BCUT2D eigenvalue weighted by Gasteiger charge is -2.25. The van der Waals surface area contributed by atoms with E-state index in [1.54, 1.807) is 12.1 Å². The van der Waals surface area contributed by atoms with Gasteiger partial charge in [0.2, 0.25) is 0 Å². The summed E-state index contributed by atoms with van der Waals surface area (Å²) in [5.74, 6) is 0.263. The molecular formula is C14H20BrNO2S. The van der Waals surface area contributed by atoms with Crippen molar-refractivity contribution < 1.29 is 9.90 Å². The van der Waals surface area contributed by atoms with E-state index in [0.29, 0.717) is 11.6 Å². The molecule has 0 aliphatic carbocycles. The number of carboxylic acids is 1. The minimum Gasteiger partial charge on any atom is -0.478 e. The summed E-state index contributed by atoms with van der Waals surface area (Å²) in [4.78, 5) is 13.2. The maximum Gasteiger partial charge on any atom is 0.335 e. The smallest absolute Gasteiger partial charge is 0.335 e. The van der Waals surface area contributed by atoms with Gasteiger partial charge in [-0.15, -0.1) is 0 Å². The van der Waals surface area contributed by atoms with Crippen LogP contribution in [0, 0.1) is 0 Å². The van der Waals surface area contributed by atoms with Gasteiger partial charge in [0.25, 0.3) is 0 Å². The van der Waals surface area contributed by atoms with Gasteiger partial charge in [-0.2, -0.15) is 11.8 Å². The first-order valence-corrected chi connectivity index (χ1v) is 8.35. The van der Waals surface area contributed by atoms with E-state index in [9.17, 15) is 4.79 Å². The van der Waals surface area contributed by atoms with E-state index < -0.39 is 5.97 Å². The van der Waals surface area contributed by atoms with Gasteiger partial charge in [-0.3, -0.25) is 4.90 Å². The van der Waals surface area contributed by atoms with Crippen LogP contribution in [0.25, 0.3) is 0 Å². The minimum atomic E-state index is -0.894. The molecule has 19 heavy (non-hydrogen) atoms. The molecule has 5 heteroatoms. The Labute approximate surface area is 127 Å². The van der Waals surface area contributed by atoms with Crippen molar-refractivity contribution in [2.45, 2.75) is 25.9 Å². The maximum atomic E-state index is 10.9. The molecule has 0 aliphatic heterocycles. The first-order chi connectivity index (χ1) is 8.95. The minimum absolute atomic E-state index is 0.314. The van der Waals surface area contributed by atoms with E-state index in [1.165, 1.54) is 0 Å². The number of benzene rings is 1. The zero-order chi connectivity index (χ0) is 14.4. The SMILES string of the molecule is CSCCC(C)N(C)Cc1ccc(C(=O)O)cc1Br. The Bertz CT molecular complexity index is 439. The third-order valence-corrected chi connectivity index (χ3v) is 4.59. The number of hydrogen-bond donors (Lipinski definition) is 1. The van der Waals surface area contributed by atoms with E-state index >= 15 is 0 Å². The van der Waals surface area contributed by atoms with Gasteiger partial charge < -0.3 is 5.11 Å². The molecule has 1 N–H and O–H groups in total. The molecule has 0 spiro atoms. The van der Waals surface area contributed by atoms with Gasteiger partial charge in [0, 0.05) is 17.1 Å². The van der Waals surface area contributed by atoms with Crippen LogP contribution in [0.2, 0.25) is 0 Å². The quantitative estimate of drug-likeness (QED) is 0.817. The molecule has 3 nitrogen and oxygen atoms in total. The number of aromatic carboxylic acids is 1. The fraction of sp³-hybridized carbons (Fsp3) is 0.500. The highest BCUT2D eigenvalue weighted by Gasteiger charge is 2.12. The highest BCUT2D eigenvalue weighted by Crippen LogP contribution is 2.21. The summed E-state index contributed by atoms with van der Waals surface area (Å²) < 4.78 is 0.858. The fourth-order valence-electron chi connectivity index (χ4n) is 1.74. The molecule has 1 unspecified atom stereocenters. The molecule has 0 fully saturated rings. The number of carboxylic acid groups (broad SMARTS) is 1. The molecule has 0 aliphatic rings. The lowest BCUT2D eigenvalue weighted by molar-refractivity contribution is 0.0697. The maximum absolute atomic E-state index is 10.9. The monoisotopic (exact) mass is 345 g/mol. The fourth-order valence-corrected chi connectivity index (χ4v) is 2.82. The highest BCUT2D eigenvalue weighted by molar-refractivity contribution is 9.10. The van der Waals surface area contributed by atoms with Gasteiger partial charge in [0.05, 0.1) is 5.56 Å². The second-order valence-electron chi connectivity index (χ2n) is 4.66. The predicted molar refractivity (Wildman–Crippen MR) is 85.0 cm³/mol. The van der Waals surface area contributed by atoms with E-state index in [2.05, 4.69) is 41.1 Å². The molecule has 0 bridgehead atoms. The van der Waals surface area contributed by atoms with E-state index in [-0.39, 0.29) is 0 Å². The van der Waals surface area contributed by atoms with Crippen molar-refractivity contribution in [3.63, 3.8) is 0 Å². The molecule has 1 rings (SSSR count). The van der Waals surface area contributed by atoms with Gasteiger partial charge in [-0.25, -0.2) is 4.79 Å². The van der Waals surface area contributed by atoms with Crippen LogP contribution in [-0.2, 0) is 6.54 Å². The number of nitrogens with zero attached hydrogens (tertiary/aromatic N) is 1. The average molecular weight is 346 g/mol. The zero-order valence-electron chi connectivity index (χ0n) is 11.5. The van der Waals surface area contributed by atoms with Gasteiger partial charge in [-0.05, 0) is 50.1 Å². The number of halogens is 1. The van der Waals surface area contributed by atoms with Crippen molar-refractivity contribution >= 4 is 33.7 Å². The third-order valence-electron chi connectivity index (χ3n) is 3.21. The molecule has 0 radical (unpaired) electrons. The first-order valence-electron chi connectivity index (χ1n) is 6.16. The second kappa shape index (κ2) is 7.92. The van der Waals surface area contributed by atoms with Crippen LogP contribution < -0.4 is 0 Å². The number of thioether (sulfide) groups is 1. The lowest BCUT2D eigenvalue weighted by atomic mass is 10.1. The Morgan fingerprint density at radius 3 is 2.74 bits per heavy atom. The highest BCUT2D eigenvalue weighted by atomic mass is 79.9. The largest absolute Gasteiger partial charge is 0.478 e. The summed E-state index contributed by atoms with van der Waals surface area (Å²) in [5, 5.41) is 8.93. The molecule has 0 saturated heterocycles. The number of hydrogen-bond acceptors (Lipinski definition) is 3. The van der Waals surface area contributed by atoms with Crippen molar-refractivity contribution in [1.82, 2.24) is 4.90 Å². The number of rotatable bonds is 7.